The van der Waals surface area contributed by atoms with Crippen molar-refractivity contribution in [1.29, 1.82) is 0 Å². The van der Waals surface area contributed by atoms with E-state index in [-0.39, 0.29) is 35.0 Å². The molecule has 4 saturated carbocycles. The summed E-state index contributed by atoms with van der Waals surface area (Å²) in [7, 11) is 0. The zero-order valence-electron chi connectivity index (χ0n) is 23.8. The quantitative estimate of drug-likeness (QED) is 0.402. The normalized spacial score (nSPS) is 42.5. The van der Waals surface area contributed by atoms with E-state index in [0.717, 1.165) is 63.5 Å². The molecule has 0 aromatic heterocycles. The fourth-order valence-corrected chi connectivity index (χ4v) is 9.33. The molecule has 216 valence electrons. The fraction of sp³-hybridized carbons (Fsp3) is 0.806. The lowest BCUT2D eigenvalue weighted by Crippen LogP contribution is -2.57. The Morgan fingerprint density at radius 2 is 1.72 bits per heavy atom. The molecule has 5 rings (SSSR count). The molecular formula is C31H46N2O6. The summed E-state index contributed by atoms with van der Waals surface area (Å²) in [5.41, 5.74) is 0.952. The van der Waals surface area contributed by atoms with Gasteiger partial charge in [-0.25, -0.2) is 0 Å². The van der Waals surface area contributed by atoms with E-state index in [1.165, 1.54) is 5.57 Å². The SMILES string of the molecule is CC(=O)[C@@]1(O)CC[C@@H]2[C@@H]3CCC4=C/C(=N/OCC(=O)NCC5CCC(C(=O)O)CC5)CC[C@]4(C)[C@H]3CC[C@@]21C. The second kappa shape index (κ2) is 10.6. The van der Waals surface area contributed by atoms with E-state index in [4.69, 9.17) is 9.94 Å². The number of ketones is 1. The Kier molecular flexibility index (Phi) is 7.72. The molecule has 39 heavy (non-hydrogen) atoms. The highest BCUT2D eigenvalue weighted by molar-refractivity contribution is 5.96. The molecule has 0 saturated heterocycles. The fourth-order valence-electron chi connectivity index (χ4n) is 9.33. The van der Waals surface area contributed by atoms with Gasteiger partial charge in [0.1, 0.15) is 5.60 Å². The van der Waals surface area contributed by atoms with Crippen LogP contribution in [0, 0.1) is 40.4 Å². The van der Waals surface area contributed by atoms with Gasteiger partial charge >= 0.3 is 5.97 Å². The van der Waals surface area contributed by atoms with Crippen molar-refractivity contribution in [3.05, 3.63) is 11.6 Å². The molecule has 6 atom stereocenters. The van der Waals surface area contributed by atoms with E-state index >= 15 is 0 Å². The third kappa shape index (κ3) is 4.95. The average Bonchev–Trinajstić information content (AvgIpc) is 3.19. The van der Waals surface area contributed by atoms with E-state index in [2.05, 4.69) is 30.4 Å². The zero-order chi connectivity index (χ0) is 28.0. The lowest BCUT2D eigenvalue weighted by molar-refractivity contribution is -0.159. The first-order chi connectivity index (χ1) is 18.5. The van der Waals surface area contributed by atoms with Crippen LogP contribution in [0.4, 0.5) is 0 Å². The first-order valence-electron chi connectivity index (χ1n) is 15.1. The van der Waals surface area contributed by atoms with Crippen LogP contribution in [0.2, 0.25) is 0 Å². The van der Waals surface area contributed by atoms with Crippen molar-refractivity contribution < 1.29 is 29.4 Å². The van der Waals surface area contributed by atoms with Crippen LogP contribution in [-0.2, 0) is 19.2 Å². The standard InChI is InChI=1S/C31H46N2O6/c1-19(34)31(38)15-12-26-24-9-8-22-16-23(10-13-29(22,2)25(24)11-14-30(26,31)3)33-39-18-27(35)32-17-20-4-6-21(7-5-20)28(36)37/h16,20-21,24-26,38H,4-15,17-18H2,1-3H3,(H,32,35)(H,36,37)/b33-23+/t20?,21?,24-,25+,26-,29+,30+,31+/m1/s1. The van der Waals surface area contributed by atoms with Gasteiger partial charge in [0.15, 0.2) is 12.4 Å². The summed E-state index contributed by atoms with van der Waals surface area (Å²) in [6.45, 7) is 6.57. The predicted octanol–water partition coefficient (Wildman–Crippen LogP) is 4.65. The third-order valence-corrected chi connectivity index (χ3v) is 11.9. The molecule has 8 heteroatoms. The molecule has 4 fully saturated rings. The van der Waals surface area contributed by atoms with Gasteiger partial charge in [0, 0.05) is 12.0 Å². The minimum absolute atomic E-state index is 0.0661. The van der Waals surface area contributed by atoms with Gasteiger partial charge in [-0.05, 0) is 119 Å². The Hall–Kier alpha value is -2.22. The van der Waals surface area contributed by atoms with Gasteiger partial charge in [-0.1, -0.05) is 24.6 Å². The summed E-state index contributed by atoms with van der Waals surface area (Å²) in [6, 6.07) is 0. The first-order valence-corrected chi connectivity index (χ1v) is 15.1. The lowest BCUT2D eigenvalue weighted by Gasteiger charge is -2.59. The number of carbonyl (C=O) groups is 3. The summed E-state index contributed by atoms with van der Waals surface area (Å²) >= 11 is 0. The van der Waals surface area contributed by atoms with E-state index in [1.807, 2.05) is 0 Å². The van der Waals surface area contributed by atoms with Gasteiger partial charge in [0.05, 0.1) is 11.6 Å². The van der Waals surface area contributed by atoms with E-state index in [0.29, 0.717) is 49.5 Å². The molecule has 0 aliphatic heterocycles. The minimum Gasteiger partial charge on any atom is -0.481 e. The van der Waals surface area contributed by atoms with Gasteiger partial charge in [-0.15, -0.1) is 0 Å². The van der Waals surface area contributed by atoms with E-state index in [9.17, 15) is 19.5 Å². The number of carbonyl (C=O) groups excluding carboxylic acids is 2. The third-order valence-electron chi connectivity index (χ3n) is 11.9. The number of carboxylic acid groups (broad SMARTS) is 1. The van der Waals surface area contributed by atoms with E-state index < -0.39 is 11.6 Å². The Morgan fingerprint density at radius 1 is 1.00 bits per heavy atom. The minimum atomic E-state index is -1.17. The molecule has 0 spiro atoms. The molecule has 5 aliphatic rings. The number of carboxylic acids is 1. The van der Waals surface area contributed by atoms with Crippen molar-refractivity contribution in [2.24, 2.45) is 45.6 Å². The molecule has 1 amide bonds. The zero-order valence-corrected chi connectivity index (χ0v) is 23.8. The number of aliphatic hydroxyl groups is 1. The topological polar surface area (TPSA) is 125 Å². The highest BCUT2D eigenvalue weighted by Crippen LogP contribution is 2.67. The summed E-state index contributed by atoms with van der Waals surface area (Å²) in [6.07, 6.45) is 12.6. The van der Waals surface area contributed by atoms with Crippen LogP contribution >= 0.6 is 0 Å². The molecule has 0 radical (unpaired) electrons. The number of oxime groups is 1. The number of fused-ring (bicyclic) bond motifs is 5. The Balaban J connectivity index is 1.14. The van der Waals surface area contributed by atoms with Crippen molar-refractivity contribution in [3.63, 3.8) is 0 Å². The molecule has 8 nitrogen and oxygen atoms in total. The van der Waals surface area contributed by atoms with Gasteiger partial charge in [-0.3, -0.25) is 14.4 Å². The molecule has 0 bridgehead atoms. The number of hydrogen-bond acceptors (Lipinski definition) is 6. The number of allylic oxidation sites excluding steroid dienone is 2. The lowest BCUT2D eigenvalue weighted by atomic mass is 9.46. The second-order valence-corrected chi connectivity index (χ2v) is 13.6. The number of hydrogen-bond donors (Lipinski definition) is 3. The monoisotopic (exact) mass is 542 g/mol. The second-order valence-electron chi connectivity index (χ2n) is 13.6. The van der Waals surface area contributed by atoms with Crippen LogP contribution in [0.25, 0.3) is 0 Å². The van der Waals surface area contributed by atoms with Gasteiger partial charge in [0.25, 0.3) is 5.91 Å². The maximum Gasteiger partial charge on any atom is 0.306 e. The maximum atomic E-state index is 12.5. The first kappa shape index (κ1) is 28.3. The van der Waals surface area contributed by atoms with Crippen molar-refractivity contribution in [3.8, 4) is 0 Å². The van der Waals surface area contributed by atoms with E-state index in [1.54, 1.807) is 6.92 Å². The molecule has 0 unspecified atom stereocenters. The maximum absolute atomic E-state index is 12.5. The van der Waals surface area contributed by atoms with Crippen molar-refractivity contribution in [1.82, 2.24) is 5.32 Å². The van der Waals surface area contributed by atoms with Crippen LogP contribution < -0.4 is 5.32 Å². The van der Waals surface area contributed by atoms with Crippen LogP contribution in [0.3, 0.4) is 0 Å². The van der Waals surface area contributed by atoms with Gasteiger partial charge in [-0.2, -0.15) is 0 Å². The Bertz CT molecular complexity index is 1060. The van der Waals surface area contributed by atoms with Crippen LogP contribution in [0.1, 0.15) is 97.8 Å². The predicted molar refractivity (Wildman–Crippen MR) is 147 cm³/mol. The summed E-state index contributed by atoms with van der Waals surface area (Å²) < 4.78 is 0. The number of Topliss-reactive ketones (excluding diaryl/α,β-unsaturated/α-hetero) is 1. The number of nitrogens with zero attached hydrogens (tertiary/aromatic N) is 1. The smallest absolute Gasteiger partial charge is 0.306 e. The number of rotatable bonds is 7. The summed E-state index contributed by atoms with van der Waals surface area (Å²) in [5.74, 6) is 0.599. The molecule has 0 heterocycles. The summed E-state index contributed by atoms with van der Waals surface area (Å²) in [4.78, 5) is 41.3. The van der Waals surface area contributed by atoms with Crippen molar-refractivity contribution in [2.75, 3.05) is 13.2 Å². The largest absolute Gasteiger partial charge is 0.481 e. The van der Waals surface area contributed by atoms with Crippen LogP contribution in [0.5, 0.6) is 0 Å². The number of nitrogens with one attached hydrogen (secondary N) is 1. The Morgan fingerprint density at radius 3 is 2.41 bits per heavy atom. The van der Waals surface area contributed by atoms with Crippen molar-refractivity contribution in [2.45, 2.75) is 103 Å². The molecular weight excluding hydrogens is 496 g/mol. The molecule has 0 aromatic rings. The highest BCUT2D eigenvalue weighted by Gasteiger charge is 2.65. The van der Waals surface area contributed by atoms with Crippen molar-refractivity contribution >= 4 is 23.4 Å². The molecule has 5 aliphatic carbocycles. The van der Waals surface area contributed by atoms with Crippen LogP contribution in [-0.4, -0.2) is 52.3 Å². The van der Waals surface area contributed by atoms with Crippen LogP contribution in [0.15, 0.2) is 16.8 Å². The molecule has 0 aromatic carbocycles. The highest BCUT2D eigenvalue weighted by atomic mass is 16.6. The number of amides is 1. The molecule has 3 N–H and O–H groups in total. The number of aliphatic carboxylic acids is 1. The average molecular weight is 543 g/mol. The summed E-state index contributed by atoms with van der Waals surface area (Å²) in [5, 5.41) is 27.7. The van der Waals surface area contributed by atoms with Gasteiger partial charge in [0.2, 0.25) is 0 Å². The van der Waals surface area contributed by atoms with Gasteiger partial charge < -0.3 is 20.4 Å². The Labute approximate surface area is 232 Å².